The molecule has 1 aromatic rings. The van der Waals surface area contributed by atoms with Crippen molar-refractivity contribution in [3.63, 3.8) is 0 Å². The summed E-state index contributed by atoms with van der Waals surface area (Å²) in [6.07, 6.45) is -1.63. The highest BCUT2D eigenvalue weighted by atomic mass is 79.9. The molecule has 7 nitrogen and oxygen atoms in total. The zero-order valence-corrected chi connectivity index (χ0v) is 19.9. The quantitative estimate of drug-likeness (QED) is 0.504. The van der Waals surface area contributed by atoms with E-state index in [1.54, 1.807) is 60.6 Å². The van der Waals surface area contributed by atoms with Crippen molar-refractivity contribution < 1.29 is 28.2 Å². The van der Waals surface area contributed by atoms with Crippen LogP contribution in [0, 0.1) is 5.82 Å². The topological polar surface area (TPSA) is 77.4 Å². The number of hydrogen-bond donors (Lipinski definition) is 0. The zero-order chi connectivity index (χ0) is 22.9. The van der Waals surface area contributed by atoms with Crippen LogP contribution in [0.25, 0.3) is 0 Å². The highest BCUT2D eigenvalue weighted by Gasteiger charge is 2.41. The maximum Gasteiger partial charge on any atom is 0.428 e. The van der Waals surface area contributed by atoms with Crippen molar-refractivity contribution in [1.82, 2.24) is 4.90 Å². The Kier molecular flexibility index (Phi) is 6.85. The van der Waals surface area contributed by atoms with Crippen molar-refractivity contribution in [2.45, 2.75) is 71.6 Å². The average Bonchev–Trinajstić information content (AvgIpc) is 2.54. The third kappa shape index (κ3) is 6.17. The van der Waals surface area contributed by atoms with Gasteiger partial charge in [-0.3, -0.25) is 0 Å². The van der Waals surface area contributed by atoms with Crippen LogP contribution in [0.1, 0.15) is 60.5 Å². The van der Waals surface area contributed by atoms with Gasteiger partial charge in [0.25, 0.3) is 0 Å². The molecular weight excluding hydrogens is 459 g/mol. The molecule has 0 saturated heterocycles. The van der Waals surface area contributed by atoms with E-state index in [2.05, 4.69) is 20.9 Å². The number of hydrogen-bond acceptors (Lipinski definition) is 6. The summed E-state index contributed by atoms with van der Waals surface area (Å²) < 4.78 is 31.5. The van der Waals surface area contributed by atoms with E-state index in [9.17, 15) is 14.0 Å². The maximum atomic E-state index is 14.6. The Labute approximate surface area is 184 Å². The van der Waals surface area contributed by atoms with Gasteiger partial charge in [-0.15, -0.1) is 4.90 Å². The summed E-state index contributed by atoms with van der Waals surface area (Å²) in [6.45, 7) is 11.8. The van der Waals surface area contributed by atoms with Gasteiger partial charge in [-0.1, -0.05) is 15.9 Å². The Morgan fingerprint density at radius 1 is 1.13 bits per heavy atom. The molecule has 2 amide bonds. The van der Waals surface area contributed by atoms with Gasteiger partial charge in [0.2, 0.25) is 0 Å². The van der Waals surface area contributed by atoms with Crippen LogP contribution >= 0.6 is 15.9 Å². The number of nitrogens with zero attached hydrogens (tertiary/aromatic N) is 2. The van der Waals surface area contributed by atoms with E-state index < -0.39 is 34.7 Å². The van der Waals surface area contributed by atoms with Gasteiger partial charge in [-0.25, -0.2) is 19.0 Å². The van der Waals surface area contributed by atoms with Crippen molar-refractivity contribution in [1.29, 1.82) is 0 Å². The standard InChI is InChI=1S/C21H28BrFN2O5/c1-19(2,3)29-17(26)25(18(27)30-20(4,5)6)16-24-21(7,10-11-28-16)14-12-13(22)8-9-15(14)23/h8-9,12H,10-11H2,1-7H3/t21-/m0/s1. The molecule has 0 N–H and O–H groups in total. The number of amides is 2. The molecule has 0 unspecified atom stereocenters. The van der Waals surface area contributed by atoms with E-state index in [0.717, 1.165) is 0 Å². The van der Waals surface area contributed by atoms with Gasteiger partial charge >= 0.3 is 18.2 Å². The fourth-order valence-electron chi connectivity index (χ4n) is 2.71. The molecule has 0 aliphatic carbocycles. The summed E-state index contributed by atoms with van der Waals surface area (Å²) in [5.74, 6) is -0.452. The molecular formula is C21H28BrFN2O5. The molecule has 0 aromatic heterocycles. The van der Waals surface area contributed by atoms with Gasteiger partial charge in [0.1, 0.15) is 17.0 Å². The van der Waals surface area contributed by atoms with Crippen LogP contribution in [0.5, 0.6) is 0 Å². The SMILES string of the molecule is CC(C)(C)OC(=O)N(C(=O)OC(C)(C)C)C1=N[C@](C)(c2cc(Br)ccc2F)CCO1. The van der Waals surface area contributed by atoms with Crippen LogP contribution in [-0.4, -0.2) is 40.9 Å². The van der Waals surface area contributed by atoms with Crippen molar-refractivity contribution >= 4 is 34.1 Å². The number of amidine groups is 1. The molecule has 9 heteroatoms. The lowest BCUT2D eigenvalue weighted by molar-refractivity contribution is 0.00846. The number of carbonyl (C=O) groups excluding carboxylic acids is 2. The van der Waals surface area contributed by atoms with E-state index in [4.69, 9.17) is 14.2 Å². The van der Waals surface area contributed by atoms with Crippen molar-refractivity contribution in [2.75, 3.05) is 6.61 Å². The van der Waals surface area contributed by atoms with Crippen LogP contribution in [0.3, 0.4) is 0 Å². The molecule has 0 saturated carbocycles. The molecule has 1 aliphatic rings. The van der Waals surface area contributed by atoms with Crippen LogP contribution in [-0.2, 0) is 19.7 Å². The molecule has 0 spiro atoms. The fourth-order valence-corrected chi connectivity index (χ4v) is 3.07. The first-order chi connectivity index (χ1) is 13.6. The maximum absolute atomic E-state index is 14.6. The van der Waals surface area contributed by atoms with Crippen LogP contribution in [0.15, 0.2) is 27.7 Å². The second-order valence-corrected chi connectivity index (χ2v) is 10.1. The fraction of sp³-hybridized carbons (Fsp3) is 0.571. The third-order valence-electron chi connectivity index (χ3n) is 4.01. The Hall–Kier alpha value is -2.16. The number of aliphatic imine (C=N–C) groups is 1. The lowest BCUT2D eigenvalue weighted by atomic mass is 9.88. The molecule has 1 heterocycles. The summed E-state index contributed by atoms with van der Waals surface area (Å²) in [5.41, 5.74) is -2.49. The average molecular weight is 487 g/mol. The van der Waals surface area contributed by atoms with E-state index >= 15 is 0 Å². The number of imide groups is 1. The summed E-state index contributed by atoms with van der Waals surface area (Å²) in [6, 6.07) is 4.23. The van der Waals surface area contributed by atoms with E-state index in [0.29, 0.717) is 21.4 Å². The molecule has 0 radical (unpaired) electrons. The minimum Gasteiger partial charge on any atom is -0.464 e. The zero-order valence-electron chi connectivity index (χ0n) is 18.3. The van der Waals surface area contributed by atoms with Crippen LogP contribution < -0.4 is 0 Å². The van der Waals surface area contributed by atoms with Crippen LogP contribution in [0.2, 0.25) is 0 Å². The van der Waals surface area contributed by atoms with Gasteiger partial charge in [0.15, 0.2) is 0 Å². The summed E-state index contributed by atoms with van der Waals surface area (Å²) in [5, 5.41) is 0. The number of rotatable bonds is 1. The number of ether oxygens (including phenoxy) is 3. The van der Waals surface area contributed by atoms with Crippen molar-refractivity contribution in [3.05, 3.63) is 34.1 Å². The van der Waals surface area contributed by atoms with Crippen molar-refractivity contribution in [3.8, 4) is 0 Å². The summed E-state index contributed by atoms with van der Waals surface area (Å²) >= 11 is 3.34. The Bertz CT molecular complexity index is 832. The van der Waals surface area contributed by atoms with E-state index in [1.807, 2.05) is 0 Å². The van der Waals surface area contributed by atoms with Gasteiger partial charge in [-0.2, -0.15) is 0 Å². The first-order valence-electron chi connectivity index (χ1n) is 9.56. The van der Waals surface area contributed by atoms with Gasteiger partial charge in [0.05, 0.1) is 12.1 Å². The van der Waals surface area contributed by atoms with E-state index in [1.165, 1.54) is 6.07 Å². The largest absolute Gasteiger partial charge is 0.464 e. The lowest BCUT2D eigenvalue weighted by Crippen LogP contribution is -2.50. The summed E-state index contributed by atoms with van der Waals surface area (Å²) in [4.78, 5) is 30.7. The predicted molar refractivity (Wildman–Crippen MR) is 114 cm³/mol. The molecule has 2 rings (SSSR count). The van der Waals surface area contributed by atoms with Gasteiger partial charge in [-0.05, 0) is 66.7 Å². The first kappa shape index (κ1) is 24.1. The Balaban J connectivity index is 2.51. The molecule has 1 aromatic carbocycles. The van der Waals surface area contributed by atoms with Crippen molar-refractivity contribution in [2.24, 2.45) is 4.99 Å². The highest BCUT2D eigenvalue weighted by Crippen LogP contribution is 2.36. The lowest BCUT2D eigenvalue weighted by Gasteiger charge is -2.35. The molecule has 1 atom stereocenters. The molecule has 30 heavy (non-hydrogen) atoms. The van der Waals surface area contributed by atoms with E-state index in [-0.39, 0.29) is 12.6 Å². The minimum atomic E-state index is -1.07. The number of benzene rings is 1. The molecule has 0 bridgehead atoms. The first-order valence-corrected chi connectivity index (χ1v) is 10.3. The number of carbonyl (C=O) groups is 2. The smallest absolute Gasteiger partial charge is 0.428 e. The Morgan fingerprint density at radius 3 is 2.17 bits per heavy atom. The normalized spacial score (nSPS) is 19.4. The second-order valence-electron chi connectivity index (χ2n) is 9.19. The molecule has 1 aliphatic heterocycles. The van der Waals surface area contributed by atoms with Crippen LogP contribution in [0.4, 0.5) is 14.0 Å². The minimum absolute atomic E-state index is 0.114. The highest BCUT2D eigenvalue weighted by molar-refractivity contribution is 9.10. The van der Waals surface area contributed by atoms with Gasteiger partial charge in [0, 0.05) is 16.5 Å². The van der Waals surface area contributed by atoms with Gasteiger partial charge < -0.3 is 14.2 Å². The second kappa shape index (κ2) is 8.53. The number of halogens is 2. The third-order valence-corrected chi connectivity index (χ3v) is 4.51. The molecule has 166 valence electrons. The predicted octanol–water partition coefficient (Wildman–Crippen LogP) is 5.75. The Morgan fingerprint density at radius 2 is 1.67 bits per heavy atom. The monoisotopic (exact) mass is 486 g/mol. The summed E-state index contributed by atoms with van der Waals surface area (Å²) in [7, 11) is 0. The molecule has 0 fully saturated rings.